The van der Waals surface area contributed by atoms with Crippen LogP contribution in [0.3, 0.4) is 0 Å². The fourth-order valence-corrected chi connectivity index (χ4v) is 6.79. The molecule has 2 aliphatic rings. The molecule has 1 saturated carbocycles. The van der Waals surface area contributed by atoms with Gasteiger partial charge in [-0.25, -0.2) is 9.78 Å². The highest BCUT2D eigenvalue weighted by molar-refractivity contribution is 5.96. The van der Waals surface area contributed by atoms with Crippen molar-refractivity contribution >= 4 is 34.7 Å². The first kappa shape index (κ1) is 38.3. The second-order valence-corrected chi connectivity index (χ2v) is 15.7. The summed E-state index contributed by atoms with van der Waals surface area (Å²) in [4.78, 5) is 61.5. The molecule has 2 amide bonds. The van der Waals surface area contributed by atoms with Gasteiger partial charge in [-0.1, -0.05) is 57.2 Å². The van der Waals surface area contributed by atoms with Crippen molar-refractivity contribution in [2.24, 2.45) is 17.3 Å². The van der Waals surface area contributed by atoms with Crippen LogP contribution in [0.15, 0.2) is 67.3 Å². The summed E-state index contributed by atoms with van der Waals surface area (Å²) in [7, 11) is 1.59. The monoisotopic (exact) mass is 713 g/mol. The third kappa shape index (κ3) is 8.40. The van der Waals surface area contributed by atoms with E-state index in [0.29, 0.717) is 29.1 Å². The van der Waals surface area contributed by atoms with E-state index < -0.39 is 52.5 Å². The van der Waals surface area contributed by atoms with E-state index in [1.54, 1.807) is 40.9 Å². The first-order valence-electron chi connectivity index (χ1n) is 17.8. The summed E-state index contributed by atoms with van der Waals surface area (Å²) in [6.45, 7) is 16.7. The van der Waals surface area contributed by atoms with Crippen LogP contribution in [0, 0.1) is 17.3 Å². The molecule has 11 nitrogen and oxygen atoms in total. The normalized spacial score (nSPS) is 21.9. The Balaban J connectivity index is 1.51. The Kier molecular flexibility index (Phi) is 11.0. The van der Waals surface area contributed by atoms with E-state index in [-0.39, 0.29) is 37.8 Å². The summed E-state index contributed by atoms with van der Waals surface area (Å²) in [5, 5.41) is 3.67. The van der Waals surface area contributed by atoms with Gasteiger partial charge in [0.1, 0.15) is 34.8 Å². The SMILES string of the molecule is C=CC1CC1(NC(=O)[C@@H]1CC(Oc2cc(-c3ccccc3)nc3cc(OC)ccc23)CN1C(=O)[C@@H](CC(=O)OC(C)(C)C)C(C)(C)C)C(=O)OCC. The molecule has 52 heavy (non-hydrogen) atoms. The van der Waals surface area contributed by atoms with E-state index in [1.165, 1.54) is 4.90 Å². The number of hydrogen-bond donors (Lipinski definition) is 1. The van der Waals surface area contributed by atoms with Gasteiger partial charge in [0, 0.05) is 35.4 Å². The van der Waals surface area contributed by atoms with Gasteiger partial charge < -0.3 is 29.2 Å². The highest BCUT2D eigenvalue weighted by atomic mass is 16.6. The van der Waals surface area contributed by atoms with Crippen LogP contribution >= 0.6 is 0 Å². The molecule has 1 aromatic heterocycles. The van der Waals surface area contributed by atoms with Gasteiger partial charge in [-0.2, -0.15) is 0 Å². The largest absolute Gasteiger partial charge is 0.497 e. The number of pyridine rings is 1. The van der Waals surface area contributed by atoms with E-state index in [1.807, 2.05) is 75.4 Å². The lowest BCUT2D eigenvalue weighted by Gasteiger charge is -2.35. The molecule has 3 aromatic rings. The zero-order valence-electron chi connectivity index (χ0n) is 31.5. The number of amides is 2. The maximum absolute atomic E-state index is 14.6. The zero-order chi connectivity index (χ0) is 38.0. The number of hydrogen-bond acceptors (Lipinski definition) is 9. The molecule has 278 valence electrons. The highest BCUT2D eigenvalue weighted by Crippen LogP contribution is 2.46. The number of carbonyl (C=O) groups excluding carboxylic acids is 4. The fraction of sp³-hybridized carbons (Fsp3) is 0.488. The van der Waals surface area contributed by atoms with E-state index in [0.717, 1.165) is 10.9 Å². The lowest BCUT2D eigenvalue weighted by Crippen LogP contribution is -2.55. The van der Waals surface area contributed by atoms with Crippen molar-refractivity contribution in [3.8, 4) is 22.8 Å². The number of methoxy groups -OCH3 is 1. The van der Waals surface area contributed by atoms with E-state index >= 15 is 0 Å². The quantitative estimate of drug-likeness (QED) is 0.170. The maximum Gasteiger partial charge on any atom is 0.332 e. The van der Waals surface area contributed by atoms with E-state index in [4.69, 9.17) is 23.9 Å². The van der Waals surface area contributed by atoms with Crippen molar-refractivity contribution in [3.05, 3.63) is 67.3 Å². The molecule has 5 rings (SSSR count). The molecule has 3 unspecified atom stereocenters. The molecule has 0 spiro atoms. The number of nitrogens with zero attached hydrogens (tertiary/aromatic N) is 2. The number of likely N-dealkylation sites (tertiary alicyclic amines) is 1. The highest BCUT2D eigenvalue weighted by Gasteiger charge is 2.62. The van der Waals surface area contributed by atoms with Crippen LogP contribution in [0.1, 0.15) is 67.7 Å². The summed E-state index contributed by atoms with van der Waals surface area (Å²) >= 11 is 0. The Hall–Kier alpha value is -4.93. The predicted octanol–water partition coefficient (Wildman–Crippen LogP) is 6.28. The van der Waals surface area contributed by atoms with Crippen LogP contribution in [0.25, 0.3) is 22.2 Å². The zero-order valence-corrected chi connectivity index (χ0v) is 31.5. The summed E-state index contributed by atoms with van der Waals surface area (Å²) in [5.41, 5.74) is -0.425. The molecule has 2 fully saturated rings. The minimum atomic E-state index is -1.26. The topological polar surface area (TPSA) is 133 Å². The van der Waals surface area contributed by atoms with Crippen molar-refractivity contribution in [3.63, 3.8) is 0 Å². The maximum atomic E-state index is 14.6. The molecule has 1 aliphatic carbocycles. The van der Waals surface area contributed by atoms with Gasteiger partial charge >= 0.3 is 11.9 Å². The molecular formula is C41H51N3O8. The summed E-state index contributed by atoms with van der Waals surface area (Å²) in [6.07, 6.45) is 1.33. The lowest BCUT2D eigenvalue weighted by atomic mass is 9.77. The van der Waals surface area contributed by atoms with Gasteiger partial charge in [0.15, 0.2) is 0 Å². The summed E-state index contributed by atoms with van der Waals surface area (Å²) in [5.74, 6) is -1.87. The summed E-state index contributed by atoms with van der Waals surface area (Å²) < 4.78 is 23.1. The van der Waals surface area contributed by atoms with Gasteiger partial charge in [0.05, 0.1) is 43.8 Å². The van der Waals surface area contributed by atoms with Crippen LogP contribution < -0.4 is 14.8 Å². The number of aromatic nitrogens is 1. The Bertz CT molecular complexity index is 1830. The molecule has 5 atom stereocenters. The number of fused-ring (bicyclic) bond motifs is 1. The average molecular weight is 714 g/mol. The first-order chi connectivity index (χ1) is 24.5. The van der Waals surface area contributed by atoms with Crippen LogP contribution in [-0.2, 0) is 28.7 Å². The molecule has 1 saturated heterocycles. The smallest absolute Gasteiger partial charge is 0.332 e. The van der Waals surface area contributed by atoms with E-state index in [2.05, 4.69) is 11.9 Å². The van der Waals surface area contributed by atoms with Crippen LogP contribution in [0.4, 0.5) is 0 Å². The van der Waals surface area contributed by atoms with Crippen LogP contribution in [-0.4, -0.2) is 77.2 Å². The predicted molar refractivity (Wildman–Crippen MR) is 197 cm³/mol. The second-order valence-electron chi connectivity index (χ2n) is 15.7. The molecule has 0 radical (unpaired) electrons. The standard InChI is InChI=1S/C41H51N3O8/c1-10-26-23-41(26,38(48)50-11-2)43-36(46)33-20-28(24-44(33)37(47)30(39(3,4)5)21-35(45)52-40(6,7)8)51-34-22-31(25-15-13-12-14-16-25)42-32-19-27(49-9)17-18-29(32)34/h10,12-19,22,26,28,30,33H,1,11,20-21,23-24H2,2-9H3,(H,43,46)/t26?,28?,30-,33+,41?/m1/s1. The molecule has 1 N–H and O–H groups in total. The molecule has 2 aromatic carbocycles. The van der Waals surface area contributed by atoms with Crippen molar-refractivity contribution in [2.45, 2.75) is 91.0 Å². The Morgan fingerprint density at radius 3 is 2.37 bits per heavy atom. The van der Waals surface area contributed by atoms with Crippen molar-refractivity contribution in [1.29, 1.82) is 0 Å². The van der Waals surface area contributed by atoms with Crippen LogP contribution in [0.5, 0.6) is 11.5 Å². The van der Waals surface area contributed by atoms with Crippen molar-refractivity contribution < 1.29 is 38.1 Å². The first-order valence-corrected chi connectivity index (χ1v) is 17.8. The summed E-state index contributed by atoms with van der Waals surface area (Å²) in [6, 6.07) is 16.1. The second kappa shape index (κ2) is 15.0. The van der Waals surface area contributed by atoms with Gasteiger partial charge in [0.2, 0.25) is 11.8 Å². The number of benzene rings is 2. The third-order valence-electron chi connectivity index (χ3n) is 9.61. The minimum Gasteiger partial charge on any atom is -0.497 e. The number of rotatable bonds is 12. The van der Waals surface area contributed by atoms with Gasteiger partial charge in [-0.15, -0.1) is 6.58 Å². The number of nitrogens with one attached hydrogen (secondary N) is 1. The number of esters is 2. The average Bonchev–Trinajstić information content (AvgIpc) is 3.64. The fourth-order valence-electron chi connectivity index (χ4n) is 6.79. The van der Waals surface area contributed by atoms with Crippen molar-refractivity contribution in [1.82, 2.24) is 15.2 Å². The van der Waals surface area contributed by atoms with Gasteiger partial charge in [-0.05, 0) is 51.7 Å². The Morgan fingerprint density at radius 2 is 1.77 bits per heavy atom. The molecule has 2 heterocycles. The lowest BCUT2D eigenvalue weighted by molar-refractivity contribution is -0.161. The van der Waals surface area contributed by atoms with Crippen molar-refractivity contribution in [2.75, 3.05) is 20.3 Å². The number of carbonyl (C=O) groups is 4. The molecule has 11 heteroatoms. The van der Waals surface area contributed by atoms with Crippen LogP contribution in [0.2, 0.25) is 0 Å². The van der Waals surface area contributed by atoms with E-state index in [9.17, 15) is 19.2 Å². The third-order valence-corrected chi connectivity index (χ3v) is 9.61. The van der Waals surface area contributed by atoms with Gasteiger partial charge in [0.25, 0.3) is 0 Å². The minimum absolute atomic E-state index is 0.0652. The molecule has 1 aliphatic heterocycles. The molecular weight excluding hydrogens is 662 g/mol. The Labute approximate surface area is 306 Å². The number of ether oxygens (including phenoxy) is 4. The molecule has 0 bridgehead atoms. The van der Waals surface area contributed by atoms with Gasteiger partial charge in [-0.3, -0.25) is 14.4 Å². The Morgan fingerprint density at radius 1 is 1.06 bits per heavy atom.